The van der Waals surface area contributed by atoms with Crippen molar-refractivity contribution in [1.29, 1.82) is 0 Å². The van der Waals surface area contributed by atoms with E-state index < -0.39 is 22.2 Å². The Kier molecular flexibility index (Phi) is 6.94. The van der Waals surface area contributed by atoms with E-state index in [1.807, 2.05) is 38.1 Å². The van der Waals surface area contributed by atoms with Gasteiger partial charge in [0.25, 0.3) is 0 Å². The first kappa shape index (κ1) is 20.2. The Morgan fingerprint density at radius 3 is 1.43 bits per heavy atom. The average molecular weight is 417 g/mol. The van der Waals surface area contributed by atoms with Gasteiger partial charge in [-0.25, -0.2) is 8.42 Å². The highest BCUT2D eigenvalue weighted by Crippen LogP contribution is 2.18. The third-order valence-corrected chi connectivity index (χ3v) is 5.54. The third-order valence-electron chi connectivity index (χ3n) is 3.76. The first-order valence-corrected chi connectivity index (χ1v) is 10.6. The summed E-state index contributed by atoms with van der Waals surface area (Å²) in [4.78, 5) is 1.12. The second-order valence-electron chi connectivity index (χ2n) is 6.05. The fourth-order valence-electron chi connectivity index (χ4n) is 2.21. The second-order valence-corrected chi connectivity index (χ2v) is 8.26. The molecule has 0 fully saturated rings. The van der Waals surface area contributed by atoms with Gasteiger partial charge < -0.3 is 0 Å². The molecule has 0 radical (unpaired) electrons. The molecule has 0 amide bonds. The molecule has 8 heteroatoms. The lowest BCUT2D eigenvalue weighted by atomic mass is 10.2. The Balaban J connectivity index is 1.54. The number of rotatable bonds is 8. The van der Waals surface area contributed by atoms with Gasteiger partial charge in [0.1, 0.15) is 0 Å². The zero-order valence-corrected chi connectivity index (χ0v) is 17.0. The quantitative estimate of drug-likeness (QED) is 0.529. The van der Waals surface area contributed by atoms with Crippen LogP contribution in [0.15, 0.2) is 82.6 Å². The van der Waals surface area contributed by atoms with Gasteiger partial charge in [-0.1, -0.05) is 41.5 Å². The number of hydrogen-bond donors (Lipinski definition) is 2. The van der Waals surface area contributed by atoms with Gasteiger partial charge in [-0.15, -0.1) is 0 Å². The molecule has 0 unspecified atom stereocenters. The molecule has 0 aromatic heterocycles. The first-order valence-electron chi connectivity index (χ1n) is 8.45. The van der Waals surface area contributed by atoms with E-state index in [-0.39, 0.29) is 0 Å². The fraction of sp³-hybridized carbons (Fsp3) is 0.100. The molecule has 28 heavy (non-hydrogen) atoms. The van der Waals surface area contributed by atoms with Crippen LogP contribution in [0.5, 0.6) is 0 Å². The van der Waals surface area contributed by atoms with Gasteiger partial charge in [0, 0.05) is 0 Å². The zero-order chi connectivity index (χ0) is 19.9. The Hall–Kier alpha value is -2.52. The van der Waals surface area contributed by atoms with Gasteiger partial charge in [0.2, 0.25) is 22.2 Å². The molecule has 0 aliphatic rings. The second kappa shape index (κ2) is 9.61. The molecule has 3 aromatic rings. The smallest absolute Gasteiger partial charge is 0.212 e. The molecule has 6 nitrogen and oxygen atoms in total. The van der Waals surface area contributed by atoms with Crippen LogP contribution in [-0.4, -0.2) is 8.42 Å². The van der Waals surface area contributed by atoms with Crippen LogP contribution in [0.1, 0.15) is 11.1 Å². The molecule has 2 N–H and O–H groups in total. The van der Waals surface area contributed by atoms with Gasteiger partial charge in [-0.3, -0.25) is 11.0 Å². The summed E-state index contributed by atoms with van der Waals surface area (Å²) in [5.41, 5.74) is 8.59. The van der Waals surface area contributed by atoms with Crippen LogP contribution in [0.2, 0.25) is 0 Å². The molecule has 0 aliphatic heterocycles. The van der Waals surface area contributed by atoms with Gasteiger partial charge in [0.15, 0.2) is 0 Å². The van der Waals surface area contributed by atoms with Crippen LogP contribution in [0.3, 0.4) is 0 Å². The van der Waals surface area contributed by atoms with Crippen molar-refractivity contribution in [3.63, 3.8) is 0 Å². The summed E-state index contributed by atoms with van der Waals surface area (Å²) in [6, 6.07) is 21.4. The Morgan fingerprint density at radius 1 is 0.643 bits per heavy atom. The Morgan fingerprint density at radius 2 is 1.04 bits per heavy atom. The van der Waals surface area contributed by atoms with Crippen LogP contribution >= 0.6 is 0 Å². The van der Waals surface area contributed by atoms with E-state index in [0.29, 0.717) is 21.2 Å². The van der Waals surface area contributed by atoms with E-state index in [1.165, 1.54) is 0 Å². The van der Waals surface area contributed by atoms with Crippen molar-refractivity contribution in [1.82, 2.24) is 0 Å². The molecule has 0 aliphatic carbocycles. The monoisotopic (exact) mass is 416 g/mol. The summed E-state index contributed by atoms with van der Waals surface area (Å²) in [5.74, 6) is 0. The third kappa shape index (κ3) is 5.74. The molecule has 0 bridgehead atoms. The van der Waals surface area contributed by atoms with Crippen LogP contribution in [0.4, 0.5) is 11.4 Å². The lowest BCUT2D eigenvalue weighted by Crippen LogP contribution is -2.07. The maximum Gasteiger partial charge on any atom is 0.212 e. The van der Waals surface area contributed by atoms with E-state index in [9.17, 15) is 8.42 Å². The molecule has 0 heterocycles. The van der Waals surface area contributed by atoms with Crippen LogP contribution in [0, 0.1) is 13.8 Å². The average Bonchev–Trinajstić information content (AvgIpc) is 2.71. The van der Waals surface area contributed by atoms with Crippen molar-refractivity contribution in [3.8, 4) is 0 Å². The normalized spacial score (nSPS) is 12.9. The van der Waals surface area contributed by atoms with Gasteiger partial charge in [-0.2, -0.15) is 8.57 Å². The topological polar surface area (TPSA) is 76.7 Å². The summed E-state index contributed by atoms with van der Waals surface area (Å²) < 4.78 is 34.7. The maximum atomic E-state index is 12.2. The number of hydrogen-bond acceptors (Lipinski definition) is 6. The zero-order valence-electron chi connectivity index (χ0n) is 15.4. The summed E-state index contributed by atoms with van der Waals surface area (Å²) in [6.45, 7) is 3.91. The lowest BCUT2D eigenvalue weighted by molar-refractivity contribution is 0.433. The molecule has 3 rings (SSSR count). The standard InChI is InChI=1S/C20H20N2O4S2/c1-15-6-10-19(11-7-15)27(23)25-21-17-4-3-5-18(14-17)22-26-28(24)20-12-8-16(2)9-13-20/h3-14,21-22H,1-2H3/t27-,28+. The number of aryl methyl sites for hydroxylation is 2. The number of anilines is 2. The van der Waals surface area contributed by atoms with E-state index in [4.69, 9.17) is 8.57 Å². The molecule has 0 saturated carbocycles. The Labute approximate surface area is 169 Å². The first-order chi connectivity index (χ1) is 13.5. The largest absolute Gasteiger partial charge is 0.251 e. The number of nitrogens with one attached hydrogen (secondary N) is 2. The summed E-state index contributed by atoms with van der Waals surface area (Å²) in [6.07, 6.45) is 0. The van der Waals surface area contributed by atoms with E-state index in [1.54, 1.807) is 48.5 Å². The minimum atomic E-state index is -1.65. The van der Waals surface area contributed by atoms with Crippen LogP contribution in [0.25, 0.3) is 0 Å². The van der Waals surface area contributed by atoms with Gasteiger partial charge >= 0.3 is 0 Å². The molecule has 3 aromatic carbocycles. The van der Waals surface area contributed by atoms with E-state index in [0.717, 1.165) is 11.1 Å². The predicted molar refractivity (Wildman–Crippen MR) is 111 cm³/mol. The molecule has 2 atom stereocenters. The minimum absolute atomic E-state index is 0.559. The molecule has 0 saturated heterocycles. The van der Waals surface area contributed by atoms with Crippen LogP contribution in [-0.2, 0) is 30.7 Å². The van der Waals surface area contributed by atoms with Crippen LogP contribution < -0.4 is 11.0 Å². The lowest BCUT2D eigenvalue weighted by Gasteiger charge is -2.09. The van der Waals surface area contributed by atoms with Gasteiger partial charge in [-0.05, 0) is 56.3 Å². The van der Waals surface area contributed by atoms with Crippen molar-refractivity contribution >= 4 is 33.5 Å². The van der Waals surface area contributed by atoms with Crippen molar-refractivity contribution in [2.24, 2.45) is 0 Å². The predicted octanol–water partition coefficient (Wildman–Crippen LogP) is 4.44. The van der Waals surface area contributed by atoms with Crippen molar-refractivity contribution in [2.45, 2.75) is 23.6 Å². The Bertz CT molecular complexity index is 900. The molecular weight excluding hydrogens is 396 g/mol. The fourth-order valence-corrected chi connectivity index (χ4v) is 3.47. The van der Waals surface area contributed by atoms with Gasteiger partial charge in [0.05, 0.1) is 21.2 Å². The summed E-state index contributed by atoms with van der Waals surface area (Å²) in [5, 5.41) is 0. The molecule has 146 valence electrons. The van der Waals surface area contributed by atoms with Crippen molar-refractivity contribution in [3.05, 3.63) is 83.9 Å². The van der Waals surface area contributed by atoms with Crippen molar-refractivity contribution < 1.29 is 17.0 Å². The summed E-state index contributed by atoms with van der Waals surface area (Å²) in [7, 11) is 0. The SMILES string of the molecule is Cc1ccc([S@](=O)ONc2cccc(NO[S@](=O)c3ccc(C)cc3)c2)cc1. The van der Waals surface area contributed by atoms with E-state index >= 15 is 0 Å². The maximum absolute atomic E-state index is 12.2. The minimum Gasteiger partial charge on any atom is -0.251 e. The van der Waals surface area contributed by atoms with E-state index in [2.05, 4.69) is 11.0 Å². The highest BCUT2D eigenvalue weighted by Gasteiger charge is 2.07. The molecule has 0 spiro atoms. The van der Waals surface area contributed by atoms with Crippen molar-refractivity contribution in [2.75, 3.05) is 11.0 Å². The highest BCUT2D eigenvalue weighted by molar-refractivity contribution is 7.80. The molecular formula is C20H20N2O4S2. The summed E-state index contributed by atoms with van der Waals surface area (Å²) >= 11 is -3.30. The highest BCUT2D eigenvalue weighted by atomic mass is 32.2. The number of benzene rings is 3.